The zero-order valence-electron chi connectivity index (χ0n) is 10.2. The second-order valence-electron chi connectivity index (χ2n) is 4.12. The first-order valence-corrected chi connectivity index (χ1v) is 7.20. The molecule has 94 valence electrons. The van der Waals surface area contributed by atoms with E-state index in [0.29, 0.717) is 12.4 Å². The van der Waals surface area contributed by atoms with E-state index in [1.807, 2.05) is 30.8 Å². The molecule has 0 radical (unpaired) electrons. The van der Waals surface area contributed by atoms with Gasteiger partial charge in [-0.2, -0.15) is 11.8 Å². The third-order valence-electron chi connectivity index (χ3n) is 2.83. The fourth-order valence-corrected chi connectivity index (χ4v) is 2.92. The van der Waals surface area contributed by atoms with Crippen LogP contribution in [0.15, 0.2) is 18.2 Å². The Labute approximate surface area is 107 Å². The number of phenolic OH excluding ortho intramolecular Hbond substituents is 1. The lowest BCUT2D eigenvalue weighted by Gasteiger charge is -2.26. The summed E-state index contributed by atoms with van der Waals surface area (Å²) in [5, 5.41) is 9.63. The van der Waals surface area contributed by atoms with Crippen molar-refractivity contribution in [1.82, 2.24) is 4.90 Å². The van der Waals surface area contributed by atoms with Crippen molar-refractivity contribution in [2.24, 2.45) is 0 Å². The smallest absolute Gasteiger partial charge is 0.161 e. The number of ether oxygens (including phenoxy) is 1. The molecule has 0 aromatic heterocycles. The van der Waals surface area contributed by atoms with E-state index in [1.165, 1.54) is 17.1 Å². The average molecular weight is 253 g/mol. The Hall–Kier alpha value is -0.870. The van der Waals surface area contributed by atoms with Crippen LogP contribution in [-0.2, 0) is 6.54 Å². The van der Waals surface area contributed by atoms with Crippen LogP contribution in [0.2, 0.25) is 0 Å². The third-order valence-corrected chi connectivity index (χ3v) is 3.78. The van der Waals surface area contributed by atoms with Crippen molar-refractivity contribution < 1.29 is 9.84 Å². The third kappa shape index (κ3) is 3.54. The second kappa shape index (κ2) is 6.17. The van der Waals surface area contributed by atoms with Gasteiger partial charge in [0.15, 0.2) is 11.5 Å². The summed E-state index contributed by atoms with van der Waals surface area (Å²) in [6, 6.07) is 5.64. The molecule has 0 saturated carbocycles. The van der Waals surface area contributed by atoms with E-state index in [2.05, 4.69) is 4.90 Å². The van der Waals surface area contributed by atoms with Crippen LogP contribution in [0.5, 0.6) is 11.5 Å². The van der Waals surface area contributed by atoms with E-state index in [4.69, 9.17) is 4.74 Å². The van der Waals surface area contributed by atoms with Gasteiger partial charge in [-0.1, -0.05) is 6.07 Å². The van der Waals surface area contributed by atoms with E-state index in [9.17, 15) is 5.11 Å². The maximum Gasteiger partial charge on any atom is 0.161 e. The lowest BCUT2D eigenvalue weighted by atomic mass is 10.2. The highest BCUT2D eigenvalue weighted by Gasteiger charge is 2.11. The summed E-state index contributed by atoms with van der Waals surface area (Å²) >= 11 is 2.02. The predicted octanol–water partition coefficient (Wildman–Crippen LogP) is 2.34. The van der Waals surface area contributed by atoms with Gasteiger partial charge in [0.05, 0.1) is 6.61 Å². The molecule has 0 spiro atoms. The number of hydrogen-bond donors (Lipinski definition) is 1. The quantitative estimate of drug-likeness (QED) is 0.893. The molecule has 1 saturated heterocycles. The van der Waals surface area contributed by atoms with Gasteiger partial charge in [0.2, 0.25) is 0 Å². The molecule has 3 nitrogen and oxygen atoms in total. The highest BCUT2D eigenvalue weighted by atomic mass is 32.2. The zero-order valence-corrected chi connectivity index (χ0v) is 11.0. The first-order valence-electron chi connectivity index (χ1n) is 6.04. The van der Waals surface area contributed by atoms with Gasteiger partial charge >= 0.3 is 0 Å². The van der Waals surface area contributed by atoms with Gasteiger partial charge in [-0.25, -0.2) is 0 Å². The Balaban J connectivity index is 2.02. The van der Waals surface area contributed by atoms with Gasteiger partial charge in [0, 0.05) is 31.1 Å². The van der Waals surface area contributed by atoms with Crippen LogP contribution in [0.1, 0.15) is 12.5 Å². The van der Waals surface area contributed by atoms with E-state index in [0.717, 1.165) is 19.6 Å². The van der Waals surface area contributed by atoms with Crippen molar-refractivity contribution in [2.75, 3.05) is 31.2 Å². The van der Waals surface area contributed by atoms with Crippen LogP contribution >= 0.6 is 11.8 Å². The van der Waals surface area contributed by atoms with Crippen molar-refractivity contribution in [2.45, 2.75) is 13.5 Å². The number of thioether (sulfide) groups is 1. The van der Waals surface area contributed by atoms with Gasteiger partial charge in [-0.3, -0.25) is 4.90 Å². The Kier molecular flexibility index (Phi) is 4.57. The first-order chi connectivity index (χ1) is 8.29. The molecule has 0 atom stereocenters. The minimum absolute atomic E-state index is 0.227. The number of rotatable bonds is 4. The van der Waals surface area contributed by atoms with Crippen LogP contribution in [0.4, 0.5) is 0 Å². The number of nitrogens with zero attached hydrogens (tertiary/aromatic N) is 1. The van der Waals surface area contributed by atoms with Crippen LogP contribution < -0.4 is 4.74 Å². The lowest BCUT2D eigenvalue weighted by molar-refractivity contribution is 0.291. The zero-order chi connectivity index (χ0) is 12.1. The fourth-order valence-electron chi connectivity index (χ4n) is 1.95. The molecule has 17 heavy (non-hydrogen) atoms. The normalized spacial score (nSPS) is 17.0. The van der Waals surface area contributed by atoms with Gasteiger partial charge in [0.1, 0.15) is 0 Å². The molecule has 2 rings (SSSR count). The van der Waals surface area contributed by atoms with Crippen LogP contribution in [0, 0.1) is 0 Å². The maximum absolute atomic E-state index is 9.63. The standard InChI is InChI=1S/C13H19NO2S/c1-2-16-13-9-11(3-4-12(13)15)10-14-5-7-17-8-6-14/h3-4,9,15H,2,5-8,10H2,1H3. The molecule has 1 aromatic carbocycles. The Morgan fingerprint density at radius 1 is 1.35 bits per heavy atom. The van der Waals surface area contributed by atoms with Crippen LogP contribution in [0.25, 0.3) is 0 Å². The SMILES string of the molecule is CCOc1cc(CN2CCSCC2)ccc1O. The van der Waals surface area contributed by atoms with Crippen molar-refractivity contribution in [3.63, 3.8) is 0 Å². The molecular weight excluding hydrogens is 234 g/mol. The Morgan fingerprint density at radius 2 is 2.12 bits per heavy atom. The fraction of sp³-hybridized carbons (Fsp3) is 0.538. The molecular formula is C13H19NO2S. The average Bonchev–Trinajstić information content (AvgIpc) is 2.35. The molecule has 0 aliphatic carbocycles. The Bertz CT molecular complexity index is 364. The monoisotopic (exact) mass is 253 g/mol. The summed E-state index contributed by atoms with van der Waals surface area (Å²) < 4.78 is 5.39. The predicted molar refractivity (Wildman–Crippen MR) is 71.9 cm³/mol. The van der Waals surface area contributed by atoms with Gasteiger partial charge in [-0.05, 0) is 24.6 Å². The summed E-state index contributed by atoms with van der Waals surface area (Å²) in [4.78, 5) is 2.44. The molecule has 1 N–H and O–H groups in total. The summed E-state index contributed by atoms with van der Waals surface area (Å²) in [6.07, 6.45) is 0. The minimum Gasteiger partial charge on any atom is -0.504 e. The second-order valence-corrected chi connectivity index (χ2v) is 5.35. The minimum atomic E-state index is 0.227. The van der Waals surface area contributed by atoms with Gasteiger partial charge < -0.3 is 9.84 Å². The van der Waals surface area contributed by atoms with E-state index < -0.39 is 0 Å². The summed E-state index contributed by atoms with van der Waals surface area (Å²) in [7, 11) is 0. The van der Waals surface area contributed by atoms with Crippen LogP contribution in [-0.4, -0.2) is 41.2 Å². The Morgan fingerprint density at radius 3 is 2.82 bits per heavy atom. The number of phenols is 1. The lowest BCUT2D eigenvalue weighted by Crippen LogP contribution is -2.31. The van der Waals surface area contributed by atoms with Crippen LogP contribution in [0.3, 0.4) is 0 Å². The molecule has 1 aliphatic heterocycles. The summed E-state index contributed by atoms with van der Waals surface area (Å²) in [5.41, 5.74) is 1.21. The molecule has 0 bridgehead atoms. The van der Waals surface area contributed by atoms with Gasteiger partial charge in [-0.15, -0.1) is 0 Å². The van der Waals surface area contributed by atoms with E-state index >= 15 is 0 Å². The van der Waals surface area contributed by atoms with Crippen molar-refractivity contribution in [1.29, 1.82) is 0 Å². The van der Waals surface area contributed by atoms with Gasteiger partial charge in [0.25, 0.3) is 0 Å². The van der Waals surface area contributed by atoms with Crippen molar-refractivity contribution >= 4 is 11.8 Å². The summed E-state index contributed by atoms with van der Waals surface area (Å²) in [5.74, 6) is 3.26. The molecule has 1 fully saturated rings. The highest BCUT2D eigenvalue weighted by molar-refractivity contribution is 7.99. The molecule has 4 heteroatoms. The molecule has 1 aromatic rings. The van der Waals surface area contributed by atoms with E-state index in [1.54, 1.807) is 6.07 Å². The topological polar surface area (TPSA) is 32.7 Å². The summed E-state index contributed by atoms with van der Waals surface area (Å²) in [6.45, 7) is 5.75. The number of benzene rings is 1. The maximum atomic E-state index is 9.63. The number of hydrogen-bond acceptors (Lipinski definition) is 4. The van der Waals surface area contributed by atoms with E-state index in [-0.39, 0.29) is 5.75 Å². The first kappa shape index (κ1) is 12.6. The largest absolute Gasteiger partial charge is 0.504 e. The molecule has 1 aliphatic rings. The van der Waals surface area contributed by atoms with Crippen molar-refractivity contribution in [3.8, 4) is 11.5 Å². The highest BCUT2D eigenvalue weighted by Crippen LogP contribution is 2.27. The molecule has 1 heterocycles. The number of aromatic hydroxyl groups is 1. The molecule has 0 amide bonds. The molecule has 0 unspecified atom stereocenters. The van der Waals surface area contributed by atoms with Crippen molar-refractivity contribution in [3.05, 3.63) is 23.8 Å².